The molecule has 2 aromatic heterocycles. The molecule has 0 aliphatic rings. The van der Waals surface area contributed by atoms with Gasteiger partial charge in [0.15, 0.2) is 0 Å². The van der Waals surface area contributed by atoms with E-state index >= 15 is 0 Å². The normalized spacial score (nSPS) is 11.1. The van der Waals surface area contributed by atoms with Crippen LogP contribution in [0.15, 0.2) is 41.1 Å². The second-order valence-electron chi connectivity index (χ2n) is 5.56. The molecule has 0 aliphatic heterocycles. The molecule has 0 atom stereocenters. The van der Waals surface area contributed by atoms with Crippen LogP contribution < -0.4 is 4.90 Å². The Morgan fingerprint density at radius 2 is 1.81 bits per heavy atom. The highest BCUT2D eigenvalue weighted by Gasteiger charge is 2.12. The maximum Gasteiger partial charge on any atom is 0.145 e. The Morgan fingerprint density at radius 3 is 2.48 bits per heavy atom. The molecule has 4 heteroatoms. The summed E-state index contributed by atoms with van der Waals surface area (Å²) in [7, 11) is 4.09. The van der Waals surface area contributed by atoms with Gasteiger partial charge in [0.25, 0.3) is 0 Å². The Labute approximate surface area is 133 Å². The topological polar surface area (TPSA) is 20.5 Å². The molecule has 2 heterocycles. The number of hydrogen-bond donors (Lipinski definition) is 0. The number of hydrogen-bond acceptors (Lipinski definition) is 2. The molecule has 0 aliphatic carbocycles. The van der Waals surface area contributed by atoms with Crippen LogP contribution >= 0.6 is 15.9 Å². The van der Waals surface area contributed by atoms with E-state index in [2.05, 4.69) is 75.6 Å². The van der Waals surface area contributed by atoms with E-state index in [9.17, 15) is 0 Å². The second kappa shape index (κ2) is 5.19. The molecule has 0 saturated carbocycles. The maximum absolute atomic E-state index is 4.69. The van der Waals surface area contributed by atoms with E-state index in [1.54, 1.807) is 0 Å². The Balaban J connectivity index is 2.26. The zero-order chi connectivity index (χ0) is 15.1. The van der Waals surface area contributed by atoms with Crippen molar-refractivity contribution in [2.24, 2.45) is 0 Å². The Morgan fingerprint density at radius 1 is 1.05 bits per heavy atom. The minimum absolute atomic E-state index is 0.876. The summed E-state index contributed by atoms with van der Waals surface area (Å²) in [6.45, 7) is 4.26. The van der Waals surface area contributed by atoms with Gasteiger partial charge in [0.2, 0.25) is 0 Å². The summed E-state index contributed by atoms with van der Waals surface area (Å²) in [4.78, 5) is 6.79. The third kappa shape index (κ3) is 2.44. The largest absolute Gasteiger partial charge is 0.376 e. The number of benzene rings is 1. The quantitative estimate of drug-likeness (QED) is 0.685. The fourth-order valence-electron chi connectivity index (χ4n) is 2.39. The molecule has 0 saturated heterocycles. The highest BCUT2D eigenvalue weighted by molar-refractivity contribution is 9.10. The van der Waals surface area contributed by atoms with E-state index in [0.29, 0.717) is 0 Å². The molecule has 3 rings (SSSR count). The van der Waals surface area contributed by atoms with E-state index in [1.807, 2.05) is 14.1 Å². The molecule has 3 nitrogen and oxygen atoms in total. The van der Waals surface area contributed by atoms with Crippen molar-refractivity contribution in [3.05, 3.63) is 52.3 Å². The number of pyridine rings is 1. The highest BCUT2D eigenvalue weighted by Crippen LogP contribution is 2.29. The van der Waals surface area contributed by atoms with E-state index in [4.69, 9.17) is 4.98 Å². The van der Waals surface area contributed by atoms with Gasteiger partial charge in [0, 0.05) is 25.9 Å². The van der Waals surface area contributed by atoms with Gasteiger partial charge < -0.3 is 4.90 Å². The number of aromatic nitrogens is 2. The minimum Gasteiger partial charge on any atom is -0.376 e. The predicted molar refractivity (Wildman–Crippen MR) is 92.1 cm³/mol. The van der Waals surface area contributed by atoms with Gasteiger partial charge in [-0.3, -0.25) is 4.40 Å². The van der Waals surface area contributed by atoms with Crippen LogP contribution in [0.5, 0.6) is 0 Å². The lowest BCUT2D eigenvalue weighted by Crippen LogP contribution is -2.09. The average molecular weight is 344 g/mol. The van der Waals surface area contributed by atoms with E-state index in [1.165, 1.54) is 11.1 Å². The highest BCUT2D eigenvalue weighted by atomic mass is 79.9. The van der Waals surface area contributed by atoms with Gasteiger partial charge in [-0.05, 0) is 59.1 Å². The van der Waals surface area contributed by atoms with Crippen molar-refractivity contribution < 1.29 is 0 Å². The summed E-state index contributed by atoms with van der Waals surface area (Å²) < 4.78 is 3.02. The van der Waals surface area contributed by atoms with E-state index in [0.717, 1.165) is 27.2 Å². The summed E-state index contributed by atoms with van der Waals surface area (Å²) in [6.07, 6.45) is 2.12. The Hall–Kier alpha value is -1.81. The number of anilines is 1. The first-order valence-corrected chi connectivity index (χ1v) is 7.69. The van der Waals surface area contributed by atoms with Crippen LogP contribution in [0.2, 0.25) is 0 Å². The van der Waals surface area contributed by atoms with Crippen molar-refractivity contribution in [1.29, 1.82) is 0 Å². The smallest absolute Gasteiger partial charge is 0.145 e. The molecule has 0 spiro atoms. The fraction of sp³-hybridized carbons (Fsp3) is 0.235. The van der Waals surface area contributed by atoms with Crippen molar-refractivity contribution in [2.75, 3.05) is 19.0 Å². The summed E-state index contributed by atoms with van der Waals surface area (Å²) in [5.74, 6) is 0.962. The van der Waals surface area contributed by atoms with Crippen molar-refractivity contribution >= 4 is 27.1 Å². The number of aryl methyl sites for hydroxylation is 2. The molecule has 0 fully saturated rings. The van der Waals surface area contributed by atoms with Crippen LogP contribution in [0.4, 0.5) is 5.69 Å². The van der Waals surface area contributed by atoms with Crippen LogP contribution in [-0.4, -0.2) is 23.5 Å². The van der Waals surface area contributed by atoms with Gasteiger partial charge in [0.05, 0.1) is 11.2 Å². The molecular weight excluding hydrogens is 326 g/mol. The van der Waals surface area contributed by atoms with Crippen molar-refractivity contribution in [3.63, 3.8) is 0 Å². The first-order valence-electron chi connectivity index (χ1n) is 6.90. The SMILES string of the molecule is Cc1ccc(-c2nc(Br)c3ccc(N(C)C)cn23)cc1C. The zero-order valence-electron chi connectivity index (χ0n) is 12.7. The lowest BCUT2D eigenvalue weighted by Gasteiger charge is -2.13. The first kappa shape index (κ1) is 14.1. The van der Waals surface area contributed by atoms with Gasteiger partial charge >= 0.3 is 0 Å². The number of nitrogens with zero attached hydrogens (tertiary/aromatic N) is 3. The standard InChI is InChI=1S/C17H18BrN3/c1-11-5-6-13(9-12(11)2)17-19-16(18)15-8-7-14(20(3)4)10-21(15)17/h5-10H,1-4H3. The van der Waals surface area contributed by atoms with Gasteiger partial charge in [0.1, 0.15) is 10.4 Å². The molecule has 0 radical (unpaired) electrons. The molecule has 0 unspecified atom stereocenters. The van der Waals surface area contributed by atoms with Crippen LogP contribution in [0, 0.1) is 13.8 Å². The molecule has 1 aromatic carbocycles. The third-order valence-corrected chi connectivity index (χ3v) is 4.44. The molecule has 21 heavy (non-hydrogen) atoms. The maximum atomic E-state index is 4.69. The third-order valence-electron chi connectivity index (χ3n) is 3.86. The minimum atomic E-state index is 0.876. The van der Waals surface area contributed by atoms with E-state index < -0.39 is 0 Å². The van der Waals surface area contributed by atoms with Crippen molar-refractivity contribution in [3.8, 4) is 11.4 Å². The van der Waals surface area contributed by atoms with Gasteiger partial charge in [-0.15, -0.1) is 0 Å². The van der Waals surface area contributed by atoms with Gasteiger partial charge in [-0.25, -0.2) is 4.98 Å². The second-order valence-corrected chi connectivity index (χ2v) is 6.31. The molecule has 108 valence electrons. The Bertz CT molecular complexity index is 818. The lowest BCUT2D eigenvalue weighted by atomic mass is 10.1. The number of halogens is 1. The van der Waals surface area contributed by atoms with Crippen LogP contribution in [-0.2, 0) is 0 Å². The lowest BCUT2D eigenvalue weighted by molar-refractivity contribution is 1.08. The van der Waals surface area contributed by atoms with Crippen molar-refractivity contribution in [2.45, 2.75) is 13.8 Å². The van der Waals surface area contributed by atoms with Gasteiger partial charge in [-0.1, -0.05) is 12.1 Å². The molecule has 3 aromatic rings. The zero-order valence-corrected chi connectivity index (χ0v) is 14.3. The monoisotopic (exact) mass is 343 g/mol. The van der Waals surface area contributed by atoms with Crippen LogP contribution in [0.25, 0.3) is 16.9 Å². The van der Waals surface area contributed by atoms with Gasteiger partial charge in [-0.2, -0.15) is 0 Å². The molecule has 0 bridgehead atoms. The van der Waals surface area contributed by atoms with Crippen LogP contribution in [0.3, 0.4) is 0 Å². The average Bonchev–Trinajstić information content (AvgIpc) is 2.79. The molecule has 0 N–H and O–H groups in total. The number of imidazole rings is 1. The summed E-state index contributed by atoms with van der Waals surface area (Å²) in [5, 5.41) is 0. The van der Waals surface area contributed by atoms with Crippen molar-refractivity contribution in [1.82, 2.24) is 9.38 Å². The number of fused-ring (bicyclic) bond motifs is 1. The van der Waals surface area contributed by atoms with E-state index in [-0.39, 0.29) is 0 Å². The number of rotatable bonds is 2. The molecular formula is C17H18BrN3. The predicted octanol–water partition coefficient (Wildman–Crippen LogP) is 4.45. The first-order chi connectivity index (χ1) is 9.97. The summed E-state index contributed by atoms with van der Waals surface area (Å²) >= 11 is 3.56. The van der Waals surface area contributed by atoms with Crippen LogP contribution in [0.1, 0.15) is 11.1 Å². The fourth-order valence-corrected chi connectivity index (χ4v) is 2.88. The Kier molecular flexibility index (Phi) is 3.49. The molecule has 0 amide bonds. The summed E-state index contributed by atoms with van der Waals surface area (Å²) in [5.41, 5.74) is 5.94. The summed E-state index contributed by atoms with van der Waals surface area (Å²) in [6, 6.07) is 10.7.